The van der Waals surface area contributed by atoms with Gasteiger partial charge < -0.3 is 19.3 Å². The SMILES string of the molecule is COC(=O)C(c1ccccc1Cl)N1CCN(C(=O)N2CCOCC2)CC1. The molecular formula is C18H24ClN3O4. The molecule has 1 aromatic rings. The van der Waals surface area contributed by atoms with E-state index in [1.165, 1.54) is 7.11 Å². The van der Waals surface area contributed by atoms with Crippen LogP contribution in [0.1, 0.15) is 11.6 Å². The van der Waals surface area contributed by atoms with Gasteiger partial charge in [-0.05, 0) is 11.6 Å². The maximum absolute atomic E-state index is 12.6. The van der Waals surface area contributed by atoms with E-state index in [1.54, 1.807) is 6.07 Å². The molecule has 0 bridgehead atoms. The number of amides is 2. The first-order valence-corrected chi connectivity index (χ1v) is 9.17. The molecule has 0 saturated carbocycles. The van der Waals surface area contributed by atoms with Gasteiger partial charge in [-0.1, -0.05) is 29.8 Å². The molecule has 2 saturated heterocycles. The first kappa shape index (κ1) is 18.9. The van der Waals surface area contributed by atoms with E-state index in [0.29, 0.717) is 57.5 Å². The predicted molar refractivity (Wildman–Crippen MR) is 97.1 cm³/mol. The number of esters is 1. The number of hydrogen-bond acceptors (Lipinski definition) is 5. The Balaban J connectivity index is 1.67. The maximum atomic E-state index is 12.6. The first-order valence-electron chi connectivity index (χ1n) is 8.79. The Morgan fingerprint density at radius 3 is 2.27 bits per heavy atom. The highest BCUT2D eigenvalue weighted by Gasteiger charge is 2.34. The molecule has 0 aromatic heterocycles. The molecule has 1 unspecified atom stereocenters. The summed E-state index contributed by atoms with van der Waals surface area (Å²) in [5, 5.41) is 0.537. The molecule has 0 aliphatic carbocycles. The molecule has 0 N–H and O–H groups in total. The number of ether oxygens (including phenoxy) is 2. The number of nitrogens with zero attached hydrogens (tertiary/aromatic N) is 3. The number of hydrogen-bond donors (Lipinski definition) is 0. The van der Waals surface area contributed by atoms with Crippen LogP contribution in [0, 0.1) is 0 Å². The predicted octanol–water partition coefficient (Wildman–Crippen LogP) is 1.62. The van der Waals surface area contributed by atoms with Gasteiger partial charge in [0.25, 0.3) is 0 Å². The fraction of sp³-hybridized carbons (Fsp3) is 0.556. The van der Waals surface area contributed by atoms with Crippen molar-refractivity contribution in [3.8, 4) is 0 Å². The Kier molecular flexibility index (Phi) is 6.34. The quantitative estimate of drug-likeness (QED) is 0.745. The van der Waals surface area contributed by atoms with Crippen LogP contribution in [-0.2, 0) is 14.3 Å². The number of carbonyl (C=O) groups excluding carboxylic acids is 2. The van der Waals surface area contributed by atoms with Gasteiger partial charge in [-0.3, -0.25) is 4.90 Å². The van der Waals surface area contributed by atoms with Crippen molar-refractivity contribution in [1.82, 2.24) is 14.7 Å². The maximum Gasteiger partial charge on any atom is 0.327 e. The summed E-state index contributed by atoms with van der Waals surface area (Å²) < 4.78 is 10.3. The van der Waals surface area contributed by atoms with E-state index in [2.05, 4.69) is 0 Å². The molecule has 0 spiro atoms. The van der Waals surface area contributed by atoms with Crippen molar-refractivity contribution in [1.29, 1.82) is 0 Å². The number of piperazine rings is 1. The van der Waals surface area contributed by atoms with Crippen molar-refractivity contribution in [2.24, 2.45) is 0 Å². The normalized spacial score (nSPS) is 19.9. The van der Waals surface area contributed by atoms with Crippen molar-refractivity contribution in [3.05, 3.63) is 34.9 Å². The van der Waals surface area contributed by atoms with Crippen LogP contribution in [0.2, 0.25) is 5.02 Å². The fourth-order valence-corrected chi connectivity index (χ4v) is 3.65. The second-order valence-electron chi connectivity index (χ2n) is 6.35. The molecule has 0 radical (unpaired) electrons. The molecule has 2 aliphatic heterocycles. The Labute approximate surface area is 158 Å². The van der Waals surface area contributed by atoms with Gasteiger partial charge in [0.2, 0.25) is 0 Å². The van der Waals surface area contributed by atoms with Crippen LogP contribution in [0.5, 0.6) is 0 Å². The first-order chi connectivity index (χ1) is 12.6. The summed E-state index contributed by atoms with van der Waals surface area (Å²) in [7, 11) is 1.38. The molecule has 142 valence electrons. The van der Waals surface area contributed by atoms with E-state index in [9.17, 15) is 9.59 Å². The number of halogens is 1. The minimum absolute atomic E-state index is 0.0420. The summed E-state index contributed by atoms with van der Waals surface area (Å²) in [5.41, 5.74) is 0.731. The van der Waals surface area contributed by atoms with E-state index in [0.717, 1.165) is 5.56 Å². The monoisotopic (exact) mass is 381 g/mol. The number of rotatable bonds is 3. The van der Waals surface area contributed by atoms with Crippen LogP contribution in [-0.4, -0.2) is 86.3 Å². The zero-order valence-corrected chi connectivity index (χ0v) is 15.7. The molecule has 8 heteroatoms. The van der Waals surface area contributed by atoms with Crippen molar-refractivity contribution in [3.63, 3.8) is 0 Å². The van der Waals surface area contributed by atoms with E-state index in [-0.39, 0.29) is 12.0 Å². The Bertz CT molecular complexity index is 643. The van der Waals surface area contributed by atoms with Gasteiger partial charge in [0, 0.05) is 44.3 Å². The standard InChI is InChI=1S/C18H24ClN3O4/c1-25-17(23)16(14-4-2-3-5-15(14)19)20-6-8-21(9-7-20)18(24)22-10-12-26-13-11-22/h2-5,16H,6-13H2,1H3. The third kappa shape index (κ3) is 4.11. The second kappa shape index (κ2) is 8.70. The summed E-state index contributed by atoms with van der Waals surface area (Å²) >= 11 is 6.30. The molecule has 26 heavy (non-hydrogen) atoms. The van der Waals surface area contributed by atoms with Crippen LogP contribution in [0.15, 0.2) is 24.3 Å². The number of methoxy groups -OCH3 is 1. The highest BCUT2D eigenvalue weighted by molar-refractivity contribution is 6.31. The van der Waals surface area contributed by atoms with Gasteiger partial charge in [-0.2, -0.15) is 0 Å². The molecule has 1 atom stereocenters. The minimum Gasteiger partial charge on any atom is -0.468 e. The van der Waals surface area contributed by atoms with Crippen LogP contribution in [0.3, 0.4) is 0 Å². The van der Waals surface area contributed by atoms with E-state index >= 15 is 0 Å². The van der Waals surface area contributed by atoms with Gasteiger partial charge >= 0.3 is 12.0 Å². The molecule has 2 heterocycles. The summed E-state index contributed by atoms with van der Waals surface area (Å²) in [5.74, 6) is -0.342. The Morgan fingerprint density at radius 1 is 1.04 bits per heavy atom. The Morgan fingerprint density at radius 2 is 1.65 bits per heavy atom. The largest absolute Gasteiger partial charge is 0.468 e. The van der Waals surface area contributed by atoms with Crippen molar-refractivity contribution < 1.29 is 19.1 Å². The fourth-order valence-electron chi connectivity index (χ4n) is 3.41. The van der Waals surface area contributed by atoms with Gasteiger partial charge in [0.15, 0.2) is 0 Å². The zero-order chi connectivity index (χ0) is 18.5. The van der Waals surface area contributed by atoms with Crippen molar-refractivity contribution >= 4 is 23.6 Å². The third-order valence-electron chi connectivity index (χ3n) is 4.86. The summed E-state index contributed by atoms with van der Waals surface area (Å²) in [6.45, 7) is 4.72. The molecule has 2 aliphatic rings. The second-order valence-corrected chi connectivity index (χ2v) is 6.76. The molecule has 2 amide bonds. The van der Waals surface area contributed by atoms with Crippen LogP contribution in [0.25, 0.3) is 0 Å². The van der Waals surface area contributed by atoms with Gasteiger partial charge in [0.1, 0.15) is 6.04 Å². The number of benzene rings is 1. The number of carbonyl (C=O) groups is 2. The lowest BCUT2D eigenvalue weighted by atomic mass is 10.0. The van der Waals surface area contributed by atoms with E-state index < -0.39 is 6.04 Å². The average Bonchev–Trinajstić information content (AvgIpc) is 2.70. The lowest BCUT2D eigenvalue weighted by molar-refractivity contribution is -0.148. The highest BCUT2D eigenvalue weighted by atomic mass is 35.5. The Hall–Kier alpha value is -1.83. The van der Waals surface area contributed by atoms with Crippen LogP contribution >= 0.6 is 11.6 Å². The van der Waals surface area contributed by atoms with Gasteiger partial charge in [-0.15, -0.1) is 0 Å². The summed E-state index contributed by atoms with van der Waals surface area (Å²) in [6, 6.07) is 6.78. The summed E-state index contributed by atoms with van der Waals surface area (Å²) in [4.78, 5) is 30.7. The topological polar surface area (TPSA) is 62.3 Å². The van der Waals surface area contributed by atoms with Crippen molar-refractivity contribution in [2.75, 3.05) is 59.6 Å². The van der Waals surface area contributed by atoms with Crippen LogP contribution in [0.4, 0.5) is 4.79 Å². The molecule has 3 rings (SSSR count). The van der Waals surface area contributed by atoms with Crippen molar-refractivity contribution in [2.45, 2.75) is 6.04 Å². The molecule has 7 nitrogen and oxygen atoms in total. The minimum atomic E-state index is -0.561. The highest BCUT2D eigenvalue weighted by Crippen LogP contribution is 2.29. The molecular weight excluding hydrogens is 358 g/mol. The van der Waals surface area contributed by atoms with E-state index in [1.807, 2.05) is 32.9 Å². The van der Waals surface area contributed by atoms with Crippen LogP contribution < -0.4 is 0 Å². The molecule has 2 fully saturated rings. The van der Waals surface area contributed by atoms with E-state index in [4.69, 9.17) is 21.1 Å². The van der Waals surface area contributed by atoms with Gasteiger partial charge in [0.05, 0.1) is 20.3 Å². The lowest BCUT2D eigenvalue weighted by Crippen LogP contribution is -2.55. The van der Waals surface area contributed by atoms with Gasteiger partial charge in [-0.25, -0.2) is 9.59 Å². The average molecular weight is 382 g/mol. The number of urea groups is 1. The smallest absolute Gasteiger partial charge is 0.327 e. The lowest BCUT2D eigenvalue weighted by Gasteiger charge is -2.40. The molecule has 1 aromatic carbocycles. The summed E-state index contributed by atoms with van der Waals surface area (Å²) in [6.07, 6.45) is 0. The zero-order valence-electron chi connectivity index (χ0n) is 14.9. The third-order valence-corrected chi connectivity index (χ3v) is 5.20. The number of morpholine rings is 1.